The summed E-state index contributed by atoms with van der Waals surface area (Å²) in [6.45, 7) is 4.13. The van der Waals surface area contributed by atoms with Gasteiger partial charge in [0.1, 0.15) is 11.5 Å². The van der Waals surface area contributed by atoms with Crippen molar-refractivity contribution >= 4 is 34.7 Å². The van der Waals surface area contributed by atoms with Crippen molar-refractivity contribution < 1.29 is 19.4 Å². The minimum atomic E-state index is -0.825. The number of carbonyl (C=O) groups excluding carboxylic acids is 2. The van der Waals surface area contributed by atoms with Crippen molar-refractivity contribution in [3.05, 3.63) is 94.3 Å². The van der Waals surface area contributed by atoms with Gasteiger partial charge in [0.05, 0.1) is 18.2 Å². The second-order valence-electron chi connectivity index (χ2n) is 7.34. The second-order valence-corrected chi connectivity index (χ2v) is 7.78. The zero-order chi connectivity index (χ0) is 22.8. The van der Waals surface area contributed by atoms with Crippen LogP contribution in [0.1, 0.15) is 29.7 Å². The predicted octanol–water partition coefficient (Wildman–Crippen LogP) is 5.07. The number of carbonyl (C=O) groups is 2. The van der Waals surface area contributed by atoms with Gasteiger partial charge in [-0.1, -0.05) is 23.7 Å². The lowest BCUT2D eigenvalue weighted by molar-refractivity contribution is -0.132. The van der Waals surface area contributed by atoms with Gasteiger partial charge in [0.25, 0.3) is 11.7 Å². The van der Waals surface area contributed by atoms with Gasteiger partial charge >= 0.3 is 0 Å². The molecule has 2 aromatic carbocycles. The molecule has 0 radical (unpaired) electrons. The smallest absolute Gasteiger partial charge is 0.300 e. The topological polar surface area (TPSA) is 79.7 Å². The zero-order valence-electron chi connectivity index (χ0n) is 17.6. The largest absolute Gasteiger partial charge is 0.507 e. The molecule has 1 aliphatic rings. The number of pyridine rings is 1. The summed E-state index contributed by atoms with van der Waals surface area (Å²) >= 11 is 6.10. The van der Waals surface area contributed by atoms with Gasteiger partial charge in [-0.25, -0.2) is 0 Å². The van der Waals surface area contributed by atoms with Crippen molar-refractivity contribution in [1.29, 1.82) is 0 Å². The average molecular weight is 449 g/mol. The van der Waals surface area contributed by atoms with Crippen molar-refractivity contribution in [2.45, 2.75) is 19.9 Å². The summed E-state index contributed by atoms with van der Waals surface area (Å²) in [5.41, 5.74) is 2.32. The Labute approximate surface area is 190 Å². The molecule has 1 aliphatic heterocycles. The van der Waals surface area contributed by atoms with Crippen LogP contribution in [0, 0.1) is 6.92 Å². The Hall–Kier alpha value is -3.64. The van der Waals surface area contributed by atoms with Crippen molar-refractivity contribution in [1.82, 2.24) is 4.98 Å². The van der Waals surface area contributed by atoms with Crippen LogP contribution in [0.4, 0.5) is 5.69 Å². The molecule has 1 N–H and O–H groups in total. The van der Waals surface area contributed by atoms with Gasteiger partial charge in [-0.2, -0.15) is 0 Å². The van der Waals surface area contributed by atoms with Crippen LogP contribution < -0.4 is 9.64 Å². The van der Waals surface area contributed by atoms with E-state index in [1.165, 1.54) is 4.90 Å². The molecular weight excluding hydrogens is 428 g/mol. The highest BCUT2D eigenvalue weighted by molar-refractivity contribution is 6.51. The highest BCUT2D eigenvalue weighted by Gasteiger charge is 2.47. The highest BCUT2D eigenvalue weighted by Crippen LogP contribution is 2.43. The first-order chi connectivity index (χ1) is 15.4. The molecular formula is C25H21ClN2O4. The summed E-state index contributed by atoms with van der Waals surface area (Å²) in [6, 6.07) is 14.5. The third kappa shape index (κ3) is 3.85. The lowest BCUT2D eigenvalue weighted by Gasteiger charge is -2.26. The zero-order valence-corrected chi connectivity index (χ0v) is 18.3. The van der Waals surface area contributed by atoms with E-state index in [9.17, 15) is 14.7 Å². The minimum Gasteiger partial charge on any atom is -0.507 e. The highest BCUT2D eigenvalue weighted by atomic mass is 35.5. The standard InChI is InChI=1S/C25H21ClN2O4/c1-3-32-19-6-4-5-17(14-19)23(29)21-22(16-9-11-27-12-10-16)28(25(31)24(21)30)20-8-7-18(26)13-15(20)2/h4-14,22,29H,3H2,1-2H3/b23-21+. The number of aliphatic hydroxyl groups is 1. The van der Waals surface area contributed by atoms with Gasteiger partial charge in [-0.15, -0.1) is 0 Å². The Bertz CT molecular complexity index is 1220. The van der Waals surface area contributed by atoms with Gasteiger partial charge in [-0.05, 0) is 67.4 Å². The normalized spacial score (nSPS) is 17.6. The summed E-state index contributed by atoms with van der Waals surface area (Å²) < 4.78 is 5.52. The van der Waals surface area contributed by atoms with E-state index in [0.29, 0.717) is 34.2 Å². The molecule has 1 amide bonds. The number of amides is 1. The van der Waals surface area contributed by atoms with E-state index >= 15 is 0 Å². The van der Waals surface area contributed by atoms with E-state index in [1.807, 2.05) is 13.8 Å². The van der Waals surface area contributed by atoms with Gasteiger partial charge < -0.3 is 9.84 Å². The first-order valence-electron chi connectivity index (χ1n) is 10.1. The van der Waals surface area contributed by atoms with E-state index in [-0.39, 0.29) is 11.3 Å². The van der Waals surface area contributed by atoms with E-state index in [2.05, 4.69) is 4.98 Å². The van der Waals surface area contributed by atoms with Gasteiger partial charge in [0.2, 0.25) is 0 Å². The molecule has 0 spiro atoms. The maximum absolute atomic E-state index is 13.2. The second kappa shape index (κ2) is 8.85. The van der Waals surface area contributed by atoms with Crippen molar-refractivity contribution in [3.63, 3.8) is 0 Å². The number of ether oxygens (including phenoxy) is 1. The summed E-state index contributed by atoms with van der Waals surface area (Å²) in [4.78, 5) is 31.8. The number of aliphatic hydroxyl groups excluding tert-OH is 1. The first-order valence-corrected chi connectivity index (χ1v) is 10.5. The van der Waals surface area contributed by atoms with Crippen molar-refractivity contribution in [3.8, 4) is 5.75 Å². The molecule has 1 aromatic heterocycles. The fraction of sp³-hybridized carbons (Fsp3) is 0.160. The third-order valence-electron chi connectivity index (χ3n) is 5.30. The quantitative estimate of drug-likeness (QED) is 0.335. The number of aromatic nitrogens is 1. The van der Waals surface area contributed by atoms with E-state index in [0.717, 1.165) is 5.56 Å². The number of halogens is 1. The molecule has 0 saturated carbocycles. The van der Waals surface area contributed by atoms with Crippen LogP contribution in [0.25, 0.3) is 5.76 Å². The maximum Gasteiger partial charge on any atom is 0.300 e. The Morgan fingerprint density at radius 1 is 1.12 bits per heavy atom. The van der Waals surface area contributed by atoms with Crippen LogP contribution in [-0.2, 0) is 9.59 Å². The Balaban J connectivity index is 1.93. The molecule has 0 aliphatic carbocycles. The molecule has 4 rings (SSSR count). The van der Waals surface area contributed by atoms with Crippen LogP contribution in [0.2, 0.25) is 5.02 Å². The van der Waals surface area contributed by atoms with Crippen LogP contribution in [0.15, 0.2) is 72.6 Å². The number of rotatable bonds is 5. The number of hydrogen-bond donors (Lipinski definition) is 1. The summed E-state index contributed by atoms with van der Waals surface area (Å²) in [7, 11) is 0. The molecule has 0 bridgehead atoms. The van der Waals surface area contributed by atoms with Crippen molar-refractivity contribution in [2.75, 3.05) is 11.5 Å². The van der Waals surface area contributed by atoms with Gasteiger partial charge in [0.15, 0.2) is 0 Å². The molecule has 162 valence electrons. The molecule has 3 aromatic rings. The van der Waals surface area contributed by atoms with E-state index in [4.69, 9.17) is 16.3 Å². The lowest BCUT2D eigenvalue weighted by atomic mass is 9.95. The molecule has 1 unspecified atom stereocenters. The average Bonchev–Trinajstić information content (AvgIpc) is 3.05. The van der Waals surface area contributed by atoms with Crippen LogP contribution in [0.3, 0.4) is 0 Å². The number of anilines is 1. The molecule has 7 heteroatoms. The number of hydrogen-bond acceptors (Lipinski definition) is 5. The molecule has 1 fully saturated rings. The third-order valence-corrected chi connectivity index (χ3v) is 5.54. The maximum atomic E-state index is 13.2. The molecule has 6 nitrogen and oxygen atoms in total. The van der Waals surface area contributed by atoms with E-state index < -0.39 is 17.7 Å². The summed E-state index contributed by atoms with van der Waals surface area (Å²) in [5, 5.41) is 11.7. The van der Waals surface area contributed by atoms with Gasteiger partial charge in [-0.3, -0.25) is 19.5 Å². The Morgan fingerprint density at radius 2 is 1.88 bits per heavy atom. The SMILES string of the molecule is CCOc1cccc(/C(O)=C2\C(=O)C(=O)N(c3ccc(Cl)cc3C)C2c2ccncc2)c1. The number of Topliss-reactive ketones (excluding diaryl/α,β-unsaturated/α-hetero) is 1. The Morgan fingerprint density at radius 3 is 2.56 bits per heavy atom. The summed E-state index contributed by atoms with van der Waals surface area (Å²) in [5.74, 6) is -1.19. The first kappa shape index (κ1) is 21.6. The van der Waals surface area contributed by atoms with Crippen LogP contribution in [-0.4, -0.2) is 28.4 Å². The molecule has 32 heavy (non-hydrogen) atoms. The monoisotopic (exact) mass is 448 g/mol. The number of aryl methyl sites for hydroxylation is 1. The van der Waals surface area contributed by atoms with Crippen molar-refractivity contribution in [2.24, 2.45) is 0 Å². The number of nitrogens with zero attached hydrogens (tertiary/aromatic N) is 2. The fourth-order valence-electron chi connectivity index (χ4n) is 3.89. The van der Waals surface area contributed by atoms with Crippen LogP contribution in [0.5, 0.6) is 5.75 Å². The van der Waals surface area contributed by atoms with E-state index in [1.54, 1.807) is 67.0 Å². The molecule has 1 atom stereocenters. The Kier molecular flexibility index (Phi) is 5.97. The lowest BCUT2D eigenvalue weighted by Crippen LogP contribution is -2.30. The number of benzene rings is 2. The van der Waals surface area contributed by atoms with Crippen LogP contribution >= 0.6 is 11.6 Å². The number of ketones is 1. The molecule has 2 heterocycles. The molecule has 1 saturated heterocycles. The predicted molar refractivity (Wildman–Crippen MR) is 123 cm³/mol. The fourth-order valence-corrected chi connectivity index (χ4v) is 4.11. The van der Waals surface area contributed by atoms with Gasteiger partial charge in [0, 0.05) is 28.7 Å². The summed E-state index contributed by atoms with van der Waals surface area (Å²) in [6.07, 6.45) is 3.17. The minimum absolute atomic E-state index is 0.00389.